The van der Waals surface area contributed by atoms with Crippen molar-refractivity contribution >= 4 is 11.7 Å². The van der Waals surface area contributed by atoms with E-state index in [1.807, 2.05) is 29.8 Å². The molecule has 0 saturated carbocycles. The minimum absolute atomic E-state index is 0.250. The first-order valence-electron chi connectivity index (χ1n) is 12.9. The molecule has 0 aliphatic carbocycles. The lowest BCUT2D eigenvalue weighted by molar-refractivity contribution is 0.0321. The number of rotatable bonds is 12. The molecular weight excluding hydrogens is 489 g/mol. The fourth-order valence-electron chi connectivity index (χ4n) is 4.27. The molecular formula is C28H36FN5O4. The van der Waals surface area contributed by atoms with Crippen LogP contribution in [-0.2, 0) is 17.8 Å². The fraction of sp³-hybridized carbons (Fsp3) is 0.429. The summed E-state index contributed by atoms with van der Waals surface area (Å²) < 4.78 is 32.5. The molecule has 1 fully saturated rings. The number of hydrogen-bond donors (Lipinski definition) is 1. The highest BCUT2D eigenvalue weighted by Crippen LogP contribution is 2.32. The lowest BCUT2D eigenvalue weighted by Gasteiger charge is -2.27. The molecule has 2 heterocycles. The highest BCUT2D eigenvalue weighted by atomic mass is 19.1. The van der Waals surface area contributed by atoms with E-state index in [-0.39, 0.29) is 18.4 Å². The van der Waals surface area contributed by atoms with Crippen molar-refractivity contribution in [3.8, 4) is 11.5 Å². The molecule has 9 nitrogen and oxygen atoms in total. The summed E-state index contributed by atoms with van der Waals surface area (Å²) in [6.45, 7) is 8.12. The average molecular weight is 526 g/mol. The van der Waals surface area contributed by atoms with Crippen molar-refractivity contribution in [2.45, 2.75) is 26.4 Å². The number of methoxy groups -OCH3 is 1. The molecule has 0 radical (unpaired) electrons. The van der Waals surface area contributed by atoms with Crippen LogP contribution in [0.5, 0.6) is 11.5 Å². The highest BCUT2D eigenvalue weighted by Gasteiger charge is 2.19. The van der Waals surface area contributed by atoms with E-state index < -0.39 is 0 Å². The Balaban J connectivity index is 1.42. The number of hydrogen-bond acceptors (Lipinski definition) is 6. The van der Waals surface area contributed by atoms with Crippen LogP contribution in [0.3, 0.4) is 0 Å². The molecule has 1 aromatic heterocycles. The summed E-state index contributed by atoms with van der Waals surface area (Å²) in [5.74, 6) is 0.833. The maximum Gasteiger partial charge on any atom is 0.322 e. The number of benzene rings is 2. The lowest BCUT2D eigenvalue weighted by atomic mass is 10.2. The molecule has 4 rings (SSSR count). The van der Waals surface area contributed by atoms with Crippen molar-refractivity contribution in [2.75, 3.05) is 58.0 Å². The Hall–Kier alpha value is -3.63. The molecule has 1 N–H and O–H groups in total. The standard InChI is InChI=1S/C28H36FN5O4/c1-22-19-30-21-33(22)11-3-10-31-28(35)34(20-23-4-6-24(29)7-5-23)25-8-9-26(27(18-25)36-2)38-17-14-32-12-15-37-16-13-32/h4-9,18-19,21H,3,10-17,20H2,1-2H3,(H,31,35). The zero-order valence-corrected chi connectivity index (χ0v) is 22.1. The van der Waals surface area contributed by atoms with Gasteiger partial charge in [-0.05, 0) is 43.2 Å². The van der Waals surface area contributed by atoms with Crippen LogP contribution in [-0.4, -0.2) is 73.6 Å². The first-order chi connectivity index (χ1) is 18.5. The Morgan fingerprint density at radius 2 is 1.92 bits per heavy atom. The Morgan fingerprint density at radius 1 is 1.13 bits per heavy atom. The van der Waals surface area contributed by atoms with E-state index in [1.54, 1.807) is 36.5 Å². The monoisotopic (exact) mass is 525 g/mol. The molecule has 3 aromatic rings. The number of anilines is 1. The predicted octanol–water partition coefficient (Wildman–Crippen LogP) is 3.86. The second-order valence-electron chi connectivity index (χ2n) is 9.16. The molecule has 0 spiro atoms. The summed E-state index contributed by atoms with van der Waals surface area (Å²) in [4.78, 5) is 21.4. The number of nitrogens with zero attached hydrogens (tertiary/aromatic N) is 4. The van der Waals surface area contributed by atoms with Gasteiger partial charge in [-0.2, -0.15) is 0 Å². The molecule has 0 bridgehead atoms. The number of aromatic nitrogens is 2. The van der Waals surface area contributed by atoms with E-state index in [9.17, 15) is 9.18 Å². The van der Waals surface area contributed by atoms with Gasteiger partial charge < -0.3 is 24.1 Å². The third-order valence-electron chi connectivity index (χ3n) is 6.50. The Kier molecular flexibility index (Phi) is 9.94. The molecule has 2 amide bonds. The second-order valence-corrected chi connectivity index (χ2v) is 9.16. The van der Waals surface area contributed by atoms with Gasteiger partial charge in [-0.25, -0.2) is 14.2 Å². The van der Waals surface area contributed by atoms with Crippen LogP contribution in [0.15, 0.2) is 55.0 Å². The van der Waals surface area contributed by atoms with Crippen LogP contribution < -0.4 is 19.7 Å². The van der Waals surface area contributed by atoms with E-state index in [4.69, 9.17) is 14.2 Å². The molecule has 0 atom stereocenters. The molecule has 1 aliphatic rings. The summed E-state index contributed by atoms with van der Waals surface area (Å²) in [7, 11) is 1.58. The third kappa shape index (κ3) is 7.69. The quantitative estimate of drug-likeness (QED) is 0.362. The van der Waals surface area contributed by atoms with Crippen molar-refractivity contribution in [3.63, 3.8) is 0 Å². The molecule has 1 saturated heterocycles. The number of morpholine rings is 1. The van der Waals surface area contributed by atoms with E-state index in [0.29, 0.717) is 30.3 Å². The molecule has 2 aromatic carbocycles. The number of amides is 2. The fourth-order valence-corrected chi connectivity index (χ4v) is 4.27. The minimum Gasteiger partial charge on any atom is -0.493 e. The van der Waals surface area contributed by atoms with Crippen LogP contribution in [0.1, 0.15) is 17.7 Å². The topological polar surface area (TPSA) is 81.1 Å². The SMILES string of the molecule is COc1cc(N(Cc2ccc(F)cc2)C(=O)NCCCn2cncc2C)ccc1OCCN1CCOCC1. The normalized spacial score (nSPS) is 13.8. The first-order valence-corrected chi connectivity index (χ1v) is 12.9. The number of ether oxygens (including phenoxy) is 3. The Labute approximate surface area is 223 Å². The van der Waals surface area contributed by atoms with Gasteiger partial charge in [-0.1, -0.05) is 12.1 Å². The zero-order chi connectivity index (χ0) is 26.7. The molecule has 38 heavy (non-hydrogen) atoms. The van der Waals surface area contributed by atoms with Gasteiger partial charge in [0.05, 0.1) is 33.2 Å². The summed E-state index contributed by atoms with van der Waals surface area (Å²) >= 11 is 0. The number of aryl methyl sites for hydroxylation is 2. The van der Waals surface area contributed by atoms with Gasteiger partial charge >= 0.3 is 6.03 Å². The van der Waals surface area contributed by atoms with Gasteiger partial charge in [0, 0.05) is 56.4 Å². The van der Waals surface area contributed by atoms with Crippen LogP contribution in [0.2, 0.25) is 0 Å². The lowest BCUT2D eigenvalue weighted by Crippen LogP contribution is -2.40. The maximum atomic E-state index is 13.5. The van der Waals surface area contributed by atoms with Crippen molar-refractivity contribution in [3.05, 3.63) is 72.1 Å². The van der Waals surface area contributed by atoms with Gasteiger partial charge in [0.25, 0.3) is 0 Å². The van der Waals surface area contributed by atoms with Crippen LogP contribution >= 0.6 is 0 Å². The number of urea groups is 1. The van der Waals surface area contributed by atoms with Crippen molar-refractivity contribution in [1.82, 2.24) is 19.8 Å². The summed E-state index contributed by atoms with van der Waals surface area (Å²) in [6, 6.07) is 11.3. The second kappa shape index (κ2) is 13.8. The predicted molar refractivity (Wildman–Crippen MR) is 143 cm³/mol. The number of carbonyl (C=O) groups is 1. The largest absolute Gasteiger partial charge is 0.493 e. The van der Waals surface area contributed by atoms with Crippen molar-refractivity contribution < 1.29 is 23.4 Å². The van der Waals surface area contributed by atoms with Crippen molar-refractivity contribution in [1.29, 1.82) is 0 Å². The van der Waals surface area contributed by atoms with Gasteiger partial charge in [-0.15, -0.1) is 0 Å². The highest BCUT2D eigenvalue weighted by molar-refractivity contribution is 5.92. The zero-order valence-electron chi connectivity index (χ0n) is 22.1. The van der Waals surface area contributed by atoms with Crippen molar-refractivity contribution in [2.24, 2.45) is 0 Å². The average Bonchev–Trinajstić information content (AvgIpc) is 3.35. The molecule has 0 unspecified atom stereocenters. The van der Waals surface area contributed by atoms with Crippen LogP contribution in [0.25, 0.3) is 0 Å². The molecule has 204 valence electrons. The molecule has 10 heteroatoms. The van der Waals surface area contributed by atoms with Crippen LogP contribution in [0, 0.1) is 12.7 Å². The van der Waals surface area contributed by atoms with Gasteiger partial charge in [-0.3, -0.25) is 9.80 Å². The summed E-state index contributed by atoms with van der Waals surface area (Å²) in [6.07, 6.45) is 4.35. The maximum absolute atomic E-state index is 13.5. The van der Waals surface area contributed by atoms with Gasteiger partial charge in [0.1, 0.15) is 12.4 Å². The van der Waals surface area contributed by atoms with E-state index >= 15 is 0 Å². The van der Waals surface area contributed by atoms with E-state index in [0.717, 1.165) is 57.1 Å². The number of imidazole rings is 1. The van der Waals surface area contributed by atoms with E-state index in [1.165, 1.54) is 12.1 Å². The first kappa shape index (κ1) is 27.4. The summed E-state index contributed by atoms with van der Waals surface area (Å²) in [5.41, 5.74) is 2.53. The summed E-state index contributed by atoms with van der Waals surface area (Å²) in [5, 5.41) is 3.01. The number of nitrogens with one attached hydrogen (secondary N) is 1. The Bertz CT molecular complexity index is 1160. The van der Waals surface area contributed by atoms with Gasteiger partial charge in [0.15, 0.2) is 11.5 Å². The smallest absolute Gasteiger partial charge is 0.322 e. The number of carbonyl (C=O) groups excluding carboxylic acids is 1. The van der Waals surface area contributed by atoms with Crippen LogP contribution in [0.4, 0.5) is 14.9 Å². The number of halogens is 1. The molecule has 1 aliphatic heterocycles. The van der Waals surface area contributed by atoms with Gasteiger partial charge in [0.2, 0.25) is 0 Å². The third-order valence-corrected chi connectivity index (χ3v) is 6.50. The minimum atomic E-state index is -0.320. The van der Waals surface area contributed by atoms with E-state index in [2.05, 4.69) is 15.2 Å². The Morgan fingerprint density at radius 3 is 2.63 bits per heavy atom.